The first-order valence-corrected chi connectivity index (χ1v) is 4.45. The first-order valence-electron chi connectivity index (χ1n) is 4.45. The molecule has 1 aromatic heterocycles. The molecule has 0 bridgehead atoms. The Balaban J connectivity index is 3.21. The van der Waals surface area contributed by atoms with E-state index in [0.717, 1.165) is 0 Å². The molecule has 0 fully saturated rings. The van der Waals surface area contributed by atoms with Crippen molar-refractivity contribution in [2.75, 3.05) is 0 Å². The fourth-order valence-corrected chi connectivity index (χ4v) is 1.24. The number of aromatic nitrogens is 2. The van der Waals surface area contributed by atoms with Crippen LogP contribution in [0.1, 0.15) is 12.5 Å². The molecule has 0 aliphatic carbocycles. The van der Waals surface area contributed by atoms with Gasteiger partial charge in [0.05, 0.1) is 11.8 Å². The maximum atomic E-state index is 11.5. The number of allylic oxidation sites excluding steroid dienone is 4. The fourth-order valence-electron chi connectivity index (χ4n) is 1.24. The van der Waals surface area contributed by atoms with E-state index >= 15 is 0 Å². The minimum absolute atomic E-state index is 0.173. The minimum atomic E-state index is -0.173. The minimum Gasteiger partial charge on any atom is -0.411 e. The van der Waals surface area contributed by atoms with Crippen molar-refractivity contribution in [1.29, 1.82) is 0 Å². The summed E-state index contributed by atoms with van der Waals surface area (Å²) in [7, 11) is 1.73. The van der Waals surface area contributed by atoms with Crippen LogP contribution < -0.4 is 5.56 Å². The molecule has 0 saturated heterocycles. The summed E-state index contributed by atoms with van der Waals surface area (Å²) in [5, 5.41) is 13.8. The molecular formula is C10H13N3O2. The Morgan fingerprint density at radius 3 is 2.87 bits per heavy atom. The van der Waals surface area contributed by atoms with E-state index in [9.17, 15) is 4.79 Å². The Labute approximate surface area is 87.0 Å². The molecule has 0 amide bonds. The zero-order chi connectivity index (χ0) is 11.3. The summed E-state index contributed by atoms with van der Waals surface area (Å²) in [4.78, 5) is 11.5. The number of hydrogen-bond acceptors (Lipinski definition) is 3. The molecule has 1 rings (SSSR count). The Morgan fingerprint density at radius 1 is 1.67 bits per heavy atom. The maximum absolute atomic E-state index is 11.5. The predicted molar refractivity (Wildman–Crippen MR) is 59.1 cm³/mol. The number of H-pyrrole nitrogens is 1. The molecule has 0 spiro atoms. The second-order valence-corrected chi connectivity index (χ2v) is 2.98. The van der Waals surface area contributed by atoms with Gasteiger partial charge in [0.2, 0.25) is 0 Å². The van der Waals surface area contributed by atoms with Crippen molar-refractivity contribution in [2.45, 2.75) is 6.92 Å². The van der Waals surface area contributed by atoms with Gasteiger partial charge in [0.1, 0.15) is 0 Å². The van der Waals surface area contributed by atoms with Crippen LogP contribution in [-0.2, 0) is 7.05 Å². The molecule has 1 heterocycles. The lowest BCUT2D eigenvalue weighted by Gasteiger charge is -1.93. The van der Waals surface area contributed by atoms with Crippen molar-refractivity contribution in [3.8, 4) is 0 Å². The molecule has 2 N–H and O–H groups in total. The van der Waals surface area contributed by atoms with Crippen LogP contribution in [0.4, 0.5) is 0 Å². The van der Waals surface area contributed by atoms with E-state index in [-0.39, 0.29) is 5.56 Å². The average molecular weight is 207 g/mol. The number of hydrogen-bond donors (Lipinski definition) is 2. The van der Waals surface area contributed by atoms with Crippen molar-refractivity contribution < 1.29 is 5.21 Å². The number of aromatic amines is 1. The number of aryl methyl sites for hydroxylation is 1. The van der Waals surface area contributed by atoms with E-state index in [2.05, 4.69) is 10.3 Å². The zero-order valence-corrected chi connectivity index (χ0v) is 8.64. The standard InChI is InChI=1S/C10H13N3O2/c1-3-4-8(5-6-11-15)9-7-13(2)12-10(9)14/h3-7,15H,1-2H3,(H,12,14)/b4-3+,8-5+,11-6?. The highest BCUT2D eigenvalue weighted by Crippen LogP contribution is 2.10. The van der Waals surface area contributed by atoms with Crippen LogP contribution in [0.25, 0.3) is 5.57 Å². The third-order valence-corrected chi connectivity index (χ3v) is 1.82. The first-order chi connectivity index (χ1) is 7.19. The smallest absolute Gasteiger partial charge is 0.271 e. The monoisotopic (exact) mass is 207 g/mol. The van der Waals surface area contributed by atoms with Gasteiger partial charge in [-0.15, -0.1) is 0 Å². The summed E-state index contributed by atoms with van der Waals surface area (Å²) in [6.45, 7) is 1.85. The van der Waals surface area contributed by atoms with Crippen LogP contribution >= 0.6 is 0 Å². The Bertz CT molecular complexity index is 463. The molecule has 0 atom stereocenters. The quantitative estimate of drug-likeness (QED) is 0.337. The molecule has 5 heteroatoms. The number of rotatable bonds is 3. The van der Waals surface area contributed by atoms with Crippen molar-refractivity contribution in [3.05, 3.63) is 40.3 Å². The molecule has 0 saturated carbocycles. The second kappa shape index (κ2) is 4.99. The third-order valence-electron chi connectivity index (χ3n) is 1.82. The van der Waals surface area contributed by atoms with E-state index in [1.807, 2.05) is 13.0 Å². The summed E-state index contributed by atoms with van der Waals surface area (Å²) < 4.78 is 1.57. The fraction of sp³-hybridized carbons (Fsp3) is 0.200. The average Bonchev–Trinajstić information content (AvgIpc) is 2.52. The summed E-state index contributed by atoms with van der Waals surface area (Å²) >= 11 is 0. The molecule has 80 valence electrons. The molecule has 5 nitrogen and oxygen atoms in total. The second-order valence-electron chi connectivity index (χ2n) is 2.98. The first kappa shape index (κ1) is 11.0. The van der Waals surface area contributed by atoms with Gasteiger partial charge in [-0.1, -0.05) is 17.3 Å². The highest BCUT2D eigenvalue weighted by atomic mass is 16.4. The molecule has 0 aliphatic heterocycles. The normalized spacial score (nSPS) is 13.1. The van der Waals surface area contributed by atoms with Gasteiger partial charge in [-0.25, -0.2) is 0 Å². The molecule has 15 heavy (non-hydrogen) atoms. The lowest BCUT2D eigenvalue weighted by Crippen LogP contribution is -2.05. The highest BCUT2D eigenvalue weighted by Gasteiger charge is 2.04. The third kappa shape index (κ3) is 2.70. The largest absolute Gasteiger partial charge is 0.411 e. The number of nitrogens with one attached hydrogen (secondary N) is 1. The van der Waals surface area contributed by atoms with Crippen LogP contribution in [0.2, 0.25) is 0 Å². The molecule has 0 aromatic carbocycles. The van der Waals surface area contributed by atoms with Gasteiger partial charge in [0.25, 0.3) is 5.56 Å². The summed E-state index contributed by atoms with van der Waals surface area (Å²) in [5.74, 6) is 0. The molecule has 0 unspecified atom stereocenters. The van der Waals surface area contributed by atoms with Crippen LogP contribution in [0.3, 0.4) is 0 Å². The van der Waals surface area contributed by atoms with Crippen LogP contribution in [-0.4, -0.2) is 21.2 Å². The van der Waals surface area contributed by atoms with E-state index in [1.54, 1.807) is 30.1 Å². The molecule has 1 aromatic rings. The summed E-state index contributed by atoms with van der Waals surface area (Å²) in [5.41, 5.74) is 1.06. The van der Waals surface area contributed by atoms with E-state index in [1.165, 1.54) is 6.21 Å². The Kier molecular flexibility index (Phi) is 3.68. The molecule has 0 aliphatic rings. The van der Waals surface area contributed by atoms with Gasteiger partial charge in [-0.05, 0) is 18.6 Å². The predicted octanol–water partition coefficient (Wildman–Crippen LogP) is 1.13. The van der Waals surface area contributed by atoms with Crippen molar-refractivity contribution in [1.82, 2.24) is 9.78 Å². The number of nitrogens with zero attached hydrogens (tertiary/aromatic N) is 2. The van der Waals surface area contributed by atoms with Crippen molar-refractivity contribution in [2.24, 2.45) is 12.2 Å². The lowest BCUT2D eigenvalue weighted by atomic mass is 10.1. The zero-order valence-electron chi connectivity index (χ0n) is 8.64. The summed E-state index contributed by atoms with van der Waals surface area (Å²) in [6, 6.07) is 0. The summed E-state index contributed by atoms with van der Waals surface area (Å²) in [6.07, 6.45) is 8.04. The molecular weight excluding hydrogens is 194 g/mol. The Morgan fingerprint density at radius 2 is 2.40 bits per heavy atom. The van der Waals surface area contributed by atoms with Gasteiger partial charge in [-0.2, -0.15) is 0 Å². The number of oxime groups is 1. The van der Waals surface area contributed by atoms with Crippen molar-refractivity contribution >= 4 is 11.8 Å². The van der Waals surface area contributed by atoms with E-state index in [0.29, 0.717) is 11.1 Å². The van der Waals surface area contributed by atoms with Crippen LogP contribution in [0.5, 0.6) is 0 Å². The highest BCUT2D eigenvalue weighted by molar-refractivity contribution is 5.87. The van der Waals surface area contributed by atoms with Gasteiger partial charge in [0.15, 0.2) is 0 Å². The van der Waals surface area contributed by atoms with Crippen molar-refractivity contribution in [3.63, 3.8) is 0 Å². The Hall–Kier alpha value is -2.04. The van der Waals surface area contributed by atoms with E-state index < -0.39 is 0 Å². The van der Waals surface area contributed by atoms with Gasteiger partial charge in [0, 0.05) is 13.2 Å². The topological polar surface area (TPSA) is 70.4 Å². The molecule has 0 radical (unpaired) electrons. The van der Waals surface area contributed by atoms with Gasteiger partial charge >= 0.3 is 0 Å². The lowest BCUT2D eigenvalue weighted by molar-refractivity contribution is 0.322. The van der Waals surface area contributed by atoms with Crippen LogP contribution in [0.15, 0.2) is 34.4 Å². The maximum Gasteiger partial charge on any atom is 0.271 e. The van der Waals surface area contributed by atoms with E-state index in [4.69, 9.17) is 5.21 Å². The SMILES string of the molecule is C/C=C/C(=C\C=NO)c1cn(C)[nH]c1=O. The van der Waals surface area contributed by atoms with Gasteiger partial charge < -0.3 is 5.21 Å². The van der Waals surface area contributed by atoms with Crippen LogP contribution in [0, 0.1) is 0 Å². The van der Waals surface area contributed by atoms with Gasteiger partial charge in [-0.3, -0.25) is 14.6 Å².